The van der Waals surface area contributed by atoms with Crippen molar-refractivity contribution in [1.82, 2.24) is 0 Å². The maximum atomic E-state index is 12.3. The van der Waals surface area contributed by atoms with Gasteiger partial charge in [0.05, 0.1) is 23.5 Å². The Kier molecular flexibility index (Phi) is 4.99. The van der Waals surface area contributed by atoms with Crippen LogP contribution >= 0.6 is 0 Å². The van der Waals surface area contributed by atoms with Crippen LogP contribution in [0.4, 0.5) is 0 Å². The molecule has 0 spiro atoms. The van der Waals surface area contributed by atoms with Crippen molar-refractivity contribution in [1.29, 1.82) is 0 Å². The van der Waals surface area contributed by atoms with Crippen molar-refractivity contribution in [3.8, 4) is 0 Å². The lowest BCUT2D eigenvalue weighted by atomic mass is 9.80. The molecule has 6 atom stereocenters. The van der Waals surface area contributed by atoms with Crippen LogP contribution in [0, 0.1) is 11.8 Å². The Hall–Kier alpha value is -1.70. The third kappa shape index (κ3) is 3.32. The van der Waals surface area contributed by atoms with Gasteiger partial charge in [-0.1, -0.05) is 20.4 Å². The summed E-state index contributed by atoms with van der Waals surface area (Å²) >= 11 is 0. The molecule has 0 aromatic rings. The van der Waals surface area contributed by atoms with Gasteiger partial charge in [-0.15, -0.1) is 0 Å². The van der Waals surface area contributed by atoms with Gasteiger partial charge in [0.2, 0.25) is 0 Å². The average Bonchev–Trinajstić information content (AvgIpc) is 3.00. The number of hydrogen-bond acceptors (Lipinski definition) is 7. The lowest BCUT2D eigenvalue weighted by Crippen LogP contribution is -2.45. The molecule has 2 bridgehead atoms. The first-order valence-corrected chi connectivity index (χ1v) is 9.25. The first-order valence-electron chi connectivity index (χ1n) is 9.25. The van der Waals surface area contributed by atoms with Gasteiger partial charge in [-0.05, 0) is 25.5 Å². The molecule has 150 valence electrons. The first-order chi connectivity index (χ1) is 12.5. The van der Waals surface area contributed by atoms with Gasteiger partial charge in [0, 0.05) is 25.5 Å². The third-order valence-electron chi connectivity index (χ3n) is 5.87. The molecule has 2 saturated heterocycles. The summed E-state index contributed by atoms with van der Waals surface area (Å²) in [6.07, 6.45) is 0.362. The Labute approximate surface area is 159 Å². The van der Waals surface area contributed by atoms with Crippen molar-refractivity contribution in [3.63, 3.8) is 0 Å². The molecule has 7 nitrogen and oxygen atoms in total. The zero-order valence-electron chi connectivity index (χ0n) is 16.5. The van der Waals surface area contributed by atoms with E-state index >= 15 is 0 Å². The lowest BCUT2D eigenvalue weighted by molar-refractivity contribution is -0.210. The van der Waals surface area contributed by atoms with Crippen molar-refractivity contribution in [2.75, 3.05) is 7.11 Å². The number of rotatable bonds is 3. The minimum Gasteiger partial charge on any atom is -0.461 e. The van der Waals surface area contributed by atoms with Gasteiger partial charge >= 0.3 is 11.9 Å². The fourth-order valence-corrected chi connectivity index (χ4v) is 4.19. The van der Waals surface area contributed by atoms with Crippen molar-refractivity contribution >= 4 is 11.9 Å². The van der Waals surface area contributed by atoms with Gasteiger partial charge in [-0.25, -0.2) is 4.79 Å². The Morgan fingerprint density at radius 3 is 2.67 bits per heavy atom. The molecule has 3 aliphatic rings. The molecular formula is C20H28O7. The van der Waals surface area contributed by atoms with Gasteiger partial charge in [0.1, 0.15) is 12.2 Å². The highest BCUT2D eigenvalue weighted by Crippen LogP contribution is 2.48. The molecule has 0 aromatic heterocycles. The summed E-state index contributed by atoms with van der Waals surface area (Å²) < 4.78 is 22.9. The maximum absolute atomic E-state index is 12.3. The van der Waals surface area contributed by atoms with E-state index in [4.69, 9.17) is 18.9 Å². The highest BCUT2D eigenvalue weighted by Gasteiger charge is 2.58. The monoisotopic (exact) mass is 380 g/mol. The highest BCUT2D eigenvalue weighted by atomic mass is 16.7. The van der Waals surface area contributed by atoms with Crippen LogP contribution < -0.4 is 0 Å². The second kappa shape index (κ2) is 6.72. The van der Waals surface area contributed by atoms with Crippen LogP contribution in [0.1, 0.15) is 40.5 Å². The van der Waals surface area contributed by atoms with Gasteiger partial charge < -0.3 is 24.1 Å². The predicted molar refractivity (Wildman–Crippen MR) is 95.5 cm³/mol. The van der Waals surface area contributed by atoms with Crippen LogP contribution in [0.15, 0.2) is 23.8 Å². The molecule has 3 aliphatic heterocycles. The molecule has 3 rings (SSSR count). The number of ether oxygens (including phenoxy) is 4. The fourth-order valence-electron chi connectivity index (χ4n) is 4.19. The van der Waals surface area contributed by atoms with E-state index in [1.807, 2.05) is 6.92 Å². The smallest absolute Gasteiger partial charge is 0.334 e. The Balaban J connectivity index is 2.08. The van der Waals surface area contributed by atoms with E-state index in [1.165, 1.54) is 0 Å². The van der Waals surface area contributed by atoms with Crippen molar-refractivity contribution in [2.45, 2.75) is 70.2 Å². The van der Waals surface area contributed by atoms with Crippen LogP contribution in [0.5, 0.6) is 0 Å². The highest BCUT2D eigenvalue weighted by molar-refractivity contribution is 5.91. The molecule has 0 amide bonds. The van der Waals surface area contributed by atoms with Gasteiger partial charge in [-0.3, -0.25) is 4.79 Å². The number of esters is 2. The summed E-state index contributed by atoms with van der Waals surface area (Å²) in [4.78, 5) is 24.5. The maximum Gasteiger partial charge on any atom is 0.334 e. The SMILES string of the molecule is C=C1C(=O)OC2C=C(C)C3(O)CC(OC)C(C)(CC(OC(=O)C(C)C)C12)O3. The zero-order valence-corrected chi connectivity index (χ0v) is 16.5. The van der Waals surface area contributed by atoms with Crippen LogP contribution in [0.2, 0.25) is 0 Å². The minimum atomic E-state index is -1.53. The number of carbonyl (C=O) groups is 2. The molecule has 0 aliphatic carbocycles. The second-order valence-electron chi connectivity index (χ2n) is 8.23. The van der Waals surface area contributed by atoms with Crippen LogP contribution in [-0.2, 0) is 28.5 Å². The van der Waals surface area contributed by atoms with E-state index in [0.29, 0.717) is 5.57 Å². The number of carbonyl (C=O) groups excluding carboxylic acids is 2. The van der Waals surface area contributed by atoms with Gasteiger partial charge in [-0.2, -0.15) is 0 Å². The molecule has 0 aromatic carbocycles. The predicted octanol–water partition coefficient (Wildman–Crippen LogP) is 1.88. The molecule has 2 fully saturated rings. The lowest BCUT2D eigenvalue weighted by Gasteiger charge is -2.35. The zero-order chi connectivity index (χ0) is 20.1. The summed E-state index contributed by atoms with van der Waals surface area (Å²) in [6.45, 7) is 10.9. The van der Waals surface area contributed by atoms with E-state index in [-0.39, 0.29) is 30.3 Å². The standard InChI is InChI=1S/C20H28O7/c1-10(2)17(21)26-14-8-19(5)15(24-6)9-20(23,27-19)11(3)7-13-16(14)12(4)18(22)25-13/h7,10,13-16,23H,4,8-9H2,1-3,5-6H3. The Morgan fingerprint density at radius 2 is 2.07 bits per heavy atom. The van der Waals surface area contributed by atoms with E-state index in [2.05, 4.69) is 6.58 Å². The fraction of sp³-hybridized carbons (Fsp3) is 0.700. The molecule has 3 heterocycles. The largest absolute Gasteiger partial charge is 0.461 e. The number of fused-ring (bicyclic) bond motifs is 3. The van der Waals surface area contributed by atoms with E-state index in [1.54, 1.807) is 34.0 Å². The summed E-state index contributed by atoms with van der Waals surface area (Å²) in [7, 11) is 1.56. The number of methoxy groups -OCH3 is 1. The molecular weight excluding hydrogens is 352 g/mol. The molecule has 0 saturated carbocycles. The molecule has 1 N–H and O–H groups in total. The minimum absolute atomic E-state index is 0.236. The Bertz CT molecular complexity index is 696. The van der Waals surface area contributed by atoms with E-state index < -0.39 is 41.6 Å². The van der Waals surface area contributed by atoms with E-state index in [9.17, 15) is 14.7 Å². The molecule has 0 radical (unpaired) electrons. The average molecular weight is 380 g/mol. The molecule has 6 unspecified atom stereocenters. The van der Waals surface area contributed by atoms with Crippen molar-refractivity contribution in [2.24, 2.45) is 11.8 Å². The first kappa shape index (κ1) is 20.0. The summed E-state index contributed by atoms with van der Waals surface area (Å²) in [5, 5.41) is 11.1. The van der Waals surface area contributed by atoms with Crippen molar-refractivity contribution < 1.29 is 33.6 Å². The topological polar surface area (TPSA) is 91.3 Å². The number of aliphatic hydroxyl groups is 1. The van der Waals surface area contributed by atoms with Crippen LogP contribution in [0.25, 0.3) is 0 Å². The normalized spacial score (nSPS) is 41.4. The van der Waals surface area contributed by atoms with Gasteiger partial charge in [0.25, 0.3) is 0 Å². The third-order valence-corrected chi connectivity index (χ3v) is 5.87. The second-order valence-corrected chi connectivity index (χ2v) is 8.23. The number of hydrogen-bond donors (Lipinski definition) is 1. The molecule has 7 heteroatoms. The molecule has 27 heavy (non-hydrogen) atoms. The summed E-state index contributed by atoms with van der Waals surface area (Å²) in [6, 6.07) is 0. The van der Waals surface area contributed by atoms with Crippen LogP contribution in [0.3, 0.4) is 0 Å². The van der Waals surface area contributed by atoms with Crippen LogP contribution in [-0.4, -0.2) is 53.9 Å². The summed E-state index contributed by atoms with van der Waals surface area (Å²) in [5.41, 5.74) is -0.129. The van der Waals surface area contributed by atoms with Crippen molar-refractivity contribution in [3.05, 3.63) is 23.8 Å². The van der Waals surface area contributed by atoms with E-state index in [0.717, 1.165) is 0 Å². The quantitative estimate of drug-likeness (QED) is 0.454. The van der Waals surface area contributed by atoms with Gasteiger partial charge in [0.15, 0.2) is 5.79 Å². The Morgan fingerprint density at radius 1 is 1.41 bits per heavy atom. The summed E-state index contributed by atoms with van der Waals surface area (Å²) in [5.74, 6) is -3.30.